The highest BCUT2D eigenvalue weighted by atomic mass is 15.3. The van der Waals surface area contributed by atoms with Gasteiger partial charge in [-0.2, -0.15) is 5.10 Å². The van der Waals surface area contributed by atoms with E-state index in [1.807, 2.05) is 18.8 Å². The minimum Gasteiger partial charge on any atom is -0.317 e. The van der Waals surface area contributed by atoms with Crippen molar-refractivity contribution in [1.82, 2.24) is 15.1 Å². The Kier molecular flexibility index (Phi) is 2.35. The first-order chi connectivity index (χ1) is 6.63. The van der Waals surface area contributed by atoms with Crippen molar-refractivity contribution in [2.45, 2.75) is 38.6 Å². The molecular weight excluding hydrogens is 174 g/mol. The largest absolute Gasteiger partial charge is 0.317 e. The topological polar surface area (TPSA) is 29.9 Å². The summed E-state index contributed by atoms with van der Waals surface area (Å²) < 4.78 is 2.00. The minimum atomic E-state index is 0.721. The third kappa shape index (κ3) is 1.36. The molecule has 0 aromatic carbocycles. The Balaban J connectivity index is 2.18. The second-order valence-electron chi connectivity index (χ2n) is 4.36. The molecule has 0 radical (unpaired) electrons. The summed E-state index contributed by atoms with van der Waals surface area (Å²) in [7, 11) is 4.07. The molecule has 0 spiro atoms. The third-order valence-corrected chi connectivity index (χ3v) is 3.52. The standard InChI is InChI=1S/C11H19N3/c1-7-11(8(2)14(4)13-7)9-5-10(6-9)12-3/h9-10,12H,5-6H2,1-4H3. The van der Waals surface area contributed by atoms with Gasteiger partial charge in [-0.1, -0.05) is 0 Å². The van der Waals surface area contributed by atoms with E-state index in [1.54, 1.807) is 0 Å². The molecule has 1 aliphatic carbocycles. The molecule has 3 nitrogen and oxygen atoms in total. The van der Waals surface area contributed by atoms with Gasteiger partial charge in [0, 0.05) is 18.8 Å². The quantitative estimate of drug-likeness (QED) is 0.771. The molecule has 0 atom stereocenters. The highest BCUT2D eigenvalue weighted by Gasteiger charge is 2.32. The van der Waals surface area contributed by atoms with Gasteiger partial charge >= 0.3 is 0 Å². The lowest BCUT2D eigenvalue weighted by molar-refractivity contribution is 0.305. The first kappa shape index (κ1) is 9.71. The highest BCUT2D eigenvalue weighted by molar-refractivity contribution is 5.31. The average Bonchev–Trinajstić information content (AvgIpc) is 2.29. The molecule has 14 heavy (non-hydrogen) atoms. The Morgan fingerprint density at radius 1 is 1.36 bits per heavy atom. The maximum Gasteiger partial charge on any atom is 0.0631 e. The Bertz CT molecular complexity index is 335. The van der Waals surface area contributed by atoms with Crippen LogP contribution in [-0.4, -0.2) is 22.9 Å². The summed E-state index contributed by atoms with van der Waals surface area (Å²) in [4.78, 5) is 0. The molecule has 0 amide bonds. The zero-order valence-corrected chi connectivity index (χ0v) is 9.46. The van der Waals surface area contributed by atoms with Crippen molar-refractivity contribution in [1.29, 1.82) is 0 Å². The molecule has 1 aliphatic rings. The van der Waals surface area contributed by atoms with E-state index in [0.29, 0.717) is 0 Å². The summed E-state index contributed by atoms with van der Waals surface area (Å²) in [6.07, 6.45) is 2.54. The van der Waals surface area contributed by atoms with Gasteiger partial charge in [-0.15, -0.1) is 0 Å². The lowest BCUT2D eigenvalue weighted by Crippen LogP contribution is -2.38. The molecule has 1 N–H and O–H groups in total. The van der Waals surface area contributed by atoms with Crippen molar-refractivity contribution >= 4 is 0 Å². The molecule has 1 aromatic heterocycles. The van der Waals surface area contributed by atoms with Crippen LogP contribution in [0.1, 0.15) is 35.7 Å². The molecule has 1 fully saturated rings. The van der Waals surface area contributed by atoms with Crippen LogP contribution in [0.15, 0.2) is 0 Å². The van der Waals surface area contributed by atoms with Crippen LogP contribution in [0.2, 0.25) is 0 Å². The number of rotatable bonds is 2. The highest BCUT2D eigenvalue weighted by Crippen LogP contribution is 2.39. The fourth-order valence-corrected chi connectivity index (χ4v) is 2.47. The van der Waals surface area contributed by atoms with Crippen LogP contribution in [0, 0.1) is 13.8 Å². The van der Waals surface area contributed by atoms with Gasteiger partial charge in [0.15, 0.2) is 0 Å². The number of hydrogen-bond acceptors (Lipinski definition) is 2. The number of nitrogens with one attached hydrogen (secondary N) is 1. The predicted molar refractivity (Wildman–Crippen MR) is 57.5 cm³/mol. The van der Waals surface area contributed by atoms with Crippen molar-refractivity contribution < 1.29 is 0 Å². The zero-order chi connectivity index (χ0) is 10.3. The molecule has 2 rings (SSSR count). The van der Waals surface area contributed by atoms with Gasteiger partial charge in [0.2, 0.25) is 0 Å². The van der Waals surface area contributed by atoms with E-state index in [9.17, 15) is 0 Å². The summed E-state index contributed by atoms with van der Waals surface area (Å²) in [5.41, 5.74) is 4.03. The van der Waals surface area contributed by atoms with Crippen LogP contribution in [-0.2, 0) is 7.05 Å². The summed E-state index contributed by atoms with van der Waals surface area (Å²) in [6, 6.07) is 0.721. The van der Waals surface area contributed by atoms with Gasteiger partial charge in [-0.05, 0) is 45.2 Å². The molecule has 78 valence electrons. The summed E-state index contributed by atoms with van der Waals surface area (Å²) >= 11 is 0. The number of nitrogens with zero attached hydrogens (tertiary/aromatic N) is 2. The first-order valence-corrected chi connectivity index (χ1v) is 5.30. The third-order valence-electron chi connectivity index (χ3n) is 3.52. The molecule has 0 aliphatic heterocycles. The Labute approximate surface area is 85.5 Å². The van der Waals surface area contributed by atoms with Crippen LogP contribution in [0.25, 0.3) is 0 Å². The molecular formula is C11H19N3. The monoisotopic (exact) mass is 193 g/mol. The zero-order valence-electron chi connectivity index (χ0n) is 9.46. The van der Waals surface area contributed by atoms with E-state index < -0.39 is 0 Å². The maximum atomic E-state index is 4.46. The number of hydrogen-bond donors (Lipinski definition) is 1. The van der Waals surface area contributed by atoms with Crippen LogP contribution in [0.4, 0.5) is 0 Å². The summed E-state index contributed by atoms with van der Waals surface area (Å²) in [5.74, 6) is 0.737. The lowest BCUT2D eigenvalue weighted by atomic mass is 9.75. The second kappa shape index (κ2) is 3.39. The van der Waals surface area contributed by atoms with E-state index in [2.05, 4.69) is 24.3 Å². The fraction of sp³-hybridized carbons (Fsp3) is 0.727. The minimum absolute atomic E-state index is 0.721. The number of aromatic nitrogens is 2. The van der Waals surface area contributed by atoms with E-state index >= 15 is 0 Å². The number of aryl methyl sites for hydroxylation is 2. The van der Waals surface area contributed by atoms with Gasteiger partial charge in [0.05, 0.1) is 5.69 Å². The van der Waals surface area contributed by atoms with Gasteiger partial charge in [0.1, 0.15) is 0 Å². The Hall–Kier alpha value is -0.830. The Morgan fingerprint density at radius 3 is 2.43 bits per heavy atom. The Morgan fingerprint density at radius 2 is 2.00 bits per heavy atom. The van der Waals surface area contributed by atoms with Crippen molar-refractivity contribution in [3.8, 4) is 0 Å². The molecule has 1 aromatic rings. The van der Waals surface area contributed by atoms with Crippen LogP contribution >= 0.6 is 0 Å². The van der Waals surface area contributed by atoms with Crippen molar-refractivity contribution in [2.75, 3.05) is 7.05 Å². The molecule has 0 bridgehead atoms. The van der Waals surface area contributed by atoms with Gasteiger partial charge in [-0.3, -0.25) is 4.68 Å². The lowest BCUT2D eigenvalue weighted by Gasteiger charge is -2.35. The van der Waals surface area contributed by atoms with Crippen LogP contribution in [0.5, 0.6) is 0 Å². The van der Waals surface area contributed by atoms with Crippen molar-refractivity contribution in [2.24, 2.45) is 7.05 Å². The molecule has 1 heterocycles. The predicted octanol–water partition coefficient (Wildman–Crippen LogP) is 1.50. The van der Waals surface area contributed by atoms with Gasteiger partial charge in [0.25, 0.3) is 0 Å². The second-order valence-corrected chi connectivity index (χ2v) is 4.36. The van der Waals surface area contributed by atoms with Gasteiger partial charge < -0.3 is 5.32 Å². The normalized spacial score (nSPS) is 26.3. The van der Waals surface area contributed by atoms with E-state index in [1.165, 1.54) is 29.8 Å². The van der Waals surface area contributed by atoms with E-state index in [0.717, 1.165) is 12.0 Å². The van der Waals surface area contributed by atoms with E-state index in [4.69, 9.17) is 0 Å². The fourth-order valence-electron chi connectivity index (χ4n) is 2.47. The van der Waals surface area contributed by atoms with E-state index in [-0.39, 0.29) is 0 Å². The SMILES string of the molecule is CNC1CC(c2c(C)nn(C)c2C)C1. The average molecular weight is 193 g/mol. The van der Waals surface area contributed by atoms with Crippen molar-refractivity contribution in [3.05, 3.63) is 17.0 Å². The molecule has 0 unspecified atom stereocenters. The smallest absolute Gasteiger partial charge is 0.0631 e. The maximum absolute atomic E-state index is 4.46. The molecule has 0 saturated heterocycles. The summed E-state index contributed by atoms with van der Waals surface area (Å²) in [5, 5.41) is 7.78. The first-order valence-electron chi connectivity index (χ1n) is 5.30. The molecule has 1 saturated carbocycles. The van der Waals surface area contributed by atoms with Gasteiger partial charge in [-0.25, -0.2) is 0 Å². The van der Waals surface area contributed by atoms with Crippen LogP contribution < -0.4 is 5.32 Å². The van der Waals surface area contributed by atoms with Crippen LogP contribution in [0.3, 0.4) is 0 Å². The molecule has 3 heteroatoms. The summed E-state index contributed by atoms with van der Waals surface area (Å²) in [6.45, 7) is 4.29. The van der Waals surface area contributed by atoms with Crippen molar-refractivity contribution in [3.63, 3.8) is 0 Å².